The van der Waals surface area contributed by atoms with Crippen molar-refractivity contribution in [2.45, 2.75) is 0 Å². The molecule has 0 spiro atoms. The number of hydrogen-bond acceptors (Lipinski definition) is 10. The molecule has 3 aromatic rings. The normalized spacial score (nSPS) is 11.1. The molecule has 3 rings (SSSR count). The number of benzene rings is 2. The molecule has 37 heavy (non-hydrogen) atoms. The molecule has 0 aliphatic heterocycles. The summed E-state index contributed by atoms with van der Waals surface area (Å²) in [5.74, 6) is -0.689. The van der Waals surface area contributed by atoms with E-state index in [9.17, 15) is 9.18 Å². The molecule has 0 unspecified atom stereocenters. The fourth-order valence-electron chi connectivity index (χ4n) is 3.05. The quantitative estimate of drug-likeness (QED) is 0.183. The fraction of sp³-hybridized carbons (Fsp3) is 0.423. The second-order valence-corrected chi connectivity index (χ2v) is 7.56. The molecule has 11 heteroatoms. The number of esters is 1. The lowest BCUT2D eigenvalue weighted by atomic mass is 10.1. The lowest BCUT2D eigenvalue weighted by Gasteiger charge is -2.08. The van der Waals surface area contributed by atoms with Crippen LogP contribution in [0, 0.1) is 5.82 Å². The van der Waals surface area contributed by atoms with Gasteiger partial charge < -0.3 is 32.9 Å². The van der Waals surface area contributed by atoms with Crippen molar-refractivity contribution in [1.82, 2.24) is 10.1 Å². The van der Waals surface area contributed by atoms with Gasteiger partial charge in [-0.25, -0.2) is 9.18 Å². The summed E-state index contributed by atoms with van der Waals surface area (Å²) in [5.41, 5.74) is 1.06. The number of rotatable bonds is 18. The molecule has 2 aromatic carbocycles. The molecule has 10 nitrogen and oxygen atoms in total. The number of hydrogen-bond donors (Lipinski definition) is 0. The SMILES string of the molecule is COCCOCCOCCOCCOCCOC(=O)c1cccc(-c2noc(-c3ccccc3F)n2)c1. The van der Waals surface area contributed by atoms with Crippen LogP contribution in [0.25, 0.3) is 22.8 Å². The molecule has 200 valence electrons. The highest BCUT2D eigenvalue weighted by atomic mass is 19.1. The third-order valence-corrected chi connectivity index (χ3v) is 4.90. The van der Waals surface area contributed by atoms with E-state index in [1.54, 1.807) is 49.6 Å². The maximum Gasteiger partial charge on any atom is 0.338 e. The van der Waals surface area contributed by atoms with Crippen LogP contribution in [0.4, 0.5) is 4.39 Å². The summed E-state index contributed by atoms with van der Waals surface area (Å²) in [4.78, 5) is 16.6. The molecule has 0 saturated heterocycles. The Morgan fingerprint density at radius 1 is 0.811 bits per heavy atom. The van der Waals surface area contributed by atoms with E-state index in [1.807, 2.05) is 0 Å². The minimum absolute atomic E-state index is 0.0538. The third kappa shape index (κ3) is 9.98. The van der Waals surface area contributed by atoms with Crippen LogP contribution in [0.2, 0.25) is 0 Å². The average Bonchev–Trinajstić information content (AvgIpc) is 3.41. The zero-order valence-corrected chi connectivity index (χ0v) is 20.7. The van der Waals surface area contributed by atoms with Gasteiger partial charge in [0.25, 0.3) is 5.89 Å². The van der Waals surface area contributed by atoms with Gasteiger partial charge in [-0.05, 0) is 24.3 Å². The van der Waals surface area contributed by atoms with Gasteiger partial charge in [-0.3, -0.25) is 0 Å². The topological polar surface area (TPSA) is 111 Å². The van der Waals surface area contributed by atoms with Gasteiger partial charge in [0.1, 0.15) is 12.4 Å². The lowest BCUT2D eigenvalue weighted by Crippen LogP contribution is -2.15. The summed E-state index contributed by atoms with van der Waals surface area (Å²) >= 11 is 0. The number of aromatic nitrogens is 2. The summed E-state index contributed by atoms with van der Waals surface area (Å²) in [7, 11) is 1.63. The van der Waals surface area contributed by atoms with E-state index in [1.165, 1.54) is 6.07 Å². The summed E-state index contributed by atoms with van der Waals surface area (Å²) in [6, 6.07) is 12.7. The van der Waals surface area contributed by atoms with E-state index in [2.05, 4.69) is 10.1 Å². The third-order valence-electron chi connectivity index (χ3n) is 4.90. The van der Waals surface area contributed by atoms with Crippen molar-refractivity contribution < 1.29 is 42.1 Å². The van der Waals surface area contributed by atoms with E-state index in [-0.39, 0.29) is 30.5 Å². The smallest absolute Gasteiger partial charge is 0.338 e. The molecule has 1 heterocycles. The Balaban J connectivity index is 1.28. The van der Waals surface area contributed by atoms with Crippen molar-refractivity contribution >= 4 is 5.97 Å². The second kappa shape index (κ2) is 16.5. The van der Waals surface area contributed by atoms with Crippen molar-refractivity contribution in [3.63, 3.8) is 0 Å². The largest absolute Gasteiger partial charge is 0.460 e. The highest BCUT2D eigenvalue weighted by molar-refractivity contribution is 5.90. The standard InChI is InChI=1S/C26H31FN2O8/c1-31-9-10-32-11-12-33-13-14-34-15-16-35-17-18-36-26(30)21-6-4-5-20(19-21)24-28-25(37-29-24)22-7-2-3-8-23(22)27/h2-8,19H,9-18H2,1H3. The summed E-state index contributed by atoms with van der Waals surface area (Å²) < 4.78 is 50.8. The van der Waals surface area contributed by atoms with Gasteiger partial charge in [-0.2, -0.15) is 4.98 Å². The first-order valence-electron chi connectivity index (χ1n) is 11.8. The highest BCUT2D eigenvalue weighted by Gasteiger charge is 2.15. The van der Waals surface area contributed by atoms with Crippen LogP contribution in [-0.4, -0.2) is 89.3 Å². The molecule has 0 radical (unpaired) electrons. The Bertz CT molecular complexity index is 1080. The highest BCUT2D eigenvalue weighted by Crippen LogP contribution is 2.24. The van der Waals surface area contributed by atoms with Crippen molar-refractivity contribution in [1.29, 1.82) is 0 Å². The van der Waals surface area contributed by atoms with Crippen molar-refractivity contribution in [2.75, 3.05) is 73.2 Å². The molecule has 0 aliphatic rings. The Morgan fingerprint density at radius 2 is 1.43 bits per heavy atom. The minimum atomic E-state index is -0.511. The van der Waals surface area contributed by atoms with Crippen molar-refractivity contribution in [2.24, 2.45) is 0 Å². The Morgan fingerprint density at radius 3 is 2.08 bits per heavy atom. The van der Waals surface area contributed by atoms with Gasteiger partial charge in [-0.15, -0.1) is 0 Å². The predicted octanol–water partition coefficient (Wildman–Crippen LogP) is 3.41. The first kappa shape index (κ1) is 28.4. The number of nitrogens with zero attached hydrogens (tertiary/aromatic N) is 2. The fourth-order valence-corrected chi connectivity index (χ4v) is 3.05. The average molecular weight is 519 g/mol. The Labute approximate surface area is 214 Å². The van der Waals surface area contributed by atoms with Crippen LogP contribution < -0.4 is 0 Å². The molecule has 0 saturated carbocycles. The van der Waals surface area contributed by atoms with Crippen LogP contribution >= 0.6 is 0 Å². The van der Waals surface area contributed by atoms with Gasteiger partial charge in [0.2, 0.25) is 5.82 Å². The second-order valence-electron chi connectivity index (χ2n) is 7.56. The van der Waals surface area contributed by atoms with Gasteiger partial charge in [0.05, 0.1) is 70.6 Å². The van der Waals surface area contributed by atoms with E-state index >= 15 is 0 Å². The zero-order chi connectivity index (χ0) is 26.1. The van der Waals surface area contributed by atoms with Gasteiger partial charge >= 0.3 is 5.97 Å². The minimum Gasteiger partial charge on any atom is -0.460 e. The molecule has 0 amide bonds. The van der Waals surface area contributed by atoms with Gasteiger partial charge in [0, 0.05) is 12.7 Å². The molecular formula is C26H31FN2O8. The number of halogens is 1. The molecule has 0 N–H and O–H groups in total. The number of carbonyl (C=O) groups excluding carboxylic acids is 1. The van der Waals surface area contributed by atoms with Gasteiger partial charge in [-0.1, -0.05) is 29.4 Å². The number of ether oxygens (including phenoxy) is 6. The van der Waals surface area contributed by atoms with Gasteiger partial charge in [0.15, 0.2) is 0 Å². The van der Waals surface area contributed by atoms with E-state index in [4.69, 9.17) is 32.9 Å². The van der Waals surface area contributed by atoms with Crippen LogP contribution in [0.1, 0.15) is 10.4 Å². The summed E-state index contributed by atoms with van der Waals surface area (Å²) in [6.07, 6.45) is 0. The molecule has 0 bridgehead atoms. The Kier molecular flexibility index (Phi) is 12.7. The van der Waals surface area contributed by atoms with Crippen LogP contribution in [0.15, 0.2) is 53.1 Å². The summed E-state index contributed by atoms with van der Waals surface area (Å²) in [5, 5.41) is 3.90. The molecule has 1 aromatic heterocycles. The van der Waals surface area contributed by atoms with Crippen LogP contribution in [0.3, 0.4) is 0 Å². The van der Waals surface area contributed by atoms with Crippen molar-refractivity contribution in [3.8, 4) is 22.8 Å². The molecule has 0 aliphatic carbocycles. The molecule has 0 fully saturated rings. The number of carbonyl (C=O) groups is 1. The van der Waals surface area contributed by atoms with E-state index < -0.39 is 11.8 Å². The number of methoxy groups -OCH3 is 1. The van der Waals surface area contributed by atoms with E-state index in [0.29, 0.717) is 64.0 Å². The first-order valence-corrected chi connectivity index (χ1v) is 11.8. The molecular weight excluding hydrogens is 487 g/mol. The lowest BCUT2D eigenvalue weighted by molar-refractivity contribution is -0.0129. The first-order chi connectivity index (χ1) is 18.2. The Hall–Kier alpha value is -3.22. The monoisotopic (exact) mass is 518 g/mol. The van der Waals surface area contributed by atoms with Crippen molar-refractivity contribution in [3.05, 3.63) is 59.9 Å². The maximum atomic E-state index is 14.0. The summed E-state index contributed by atoms with van der Waals surface area (Å²) in [6.45, 7) is 4.17. The van der Waals surface area contributed by atoms with Crippen LogP contribution in [0.5, 0.6) is 0 Å². The van der Waals surface area contributed by atoms with E-state index in [0.717, 1.165) is 0 Å². The van der Waals surface area contributed by atoms with Crippen LogP contribution in [-0.2, 0) is 28.4 Å². The zero-order valence-electron chi connectivity index (χ0n) is 20.7. The molecule has 0 atom stereocenters. The maximum absolute atomic E-state index is 14.0. The predicted molar refractivity (Wildman–Crippen MR) is 131 cm³/mol.